The van der Waals surface area contributed by atoms with Crippen LogP contribution in [0.2, 0.25) is 0 Å². The quantitative estimate of drug-likeness (QED) is 0.670. The molecule has 0 radical (unpaired) electrons. The van der Waals surface area contributed by atoms with Crippen molar-refractivity contribution in [3.8, 4) is 0 Å². The first-order valence-corrected chi connectivity index (χ1v) is 9.18. The molecule has 3 aromatic rings. The van der Waals surface area contributed by atoms with Gasteiger partial charge in [-0.25, -0.2) is 0 Å². The van der Waals surface area contributed by atoms with E-state index >= 15 is 0 Å². The third kappa shape index (κ3) is 3.60. The van der Waals surface area contributed by atoms with Gasteiger partial charge < -0.3 is 5.32 Å². The van der Waals surface area contributed by atoms with Crippen molar-refractivity contribution in [3.63, 3.8) is 0 Å². The van der Waals surface area contributed by atoms with Crippen LogP contribution in [0, 0.1) is 0 Å². The Morgan fingerprint density at radius 3 is 2.85 bits per heavy atom. The van der Waals surface area contributed by atoms with Crippen LogP contribution in [0.3, 0.4) is 0 Å². The van der Waals surface area contributed by atoms with E-state index in [0.717, 1.165) is 37.2 Å². The summed E-state index contributed by atoms with van der Waals surface area (Å²) < 4.78 is 1.99. The van der Waals surface area contributed by atoms with Gasteiger partial charge in [0.2, 0.25) is 5.91 Å². The van der Waals surface area contributed by atoms with E-state index in [9.17, 15) is 4.79 Å². The highest BCUT2D eigenvalue weighted by atomic mass is 16.2. The van der Waals surface area contributed by atoms with Gasteiger partial charge in [-0.05, 0) is 37.0 Å². The van der Waals surface area contributed by atoms with Crippen molar-refractivity contribution in [2.45, 2.75) is 37.8 Å². The molecule has 2 N–H and O–H groups in total. The summed E-state index contributed by atoms with van der Waals surface area (Å²) in [6.07, 6.45) is 5.47. The van der Waals surface area contributed by atoms with Gasteiger partial charge in [0.25, 0.3) is 0 Å². The average Bonchev–Trinajstić information content (AvgIpc) is 3.33. The summed E-state index contributed by atoms with van der Waals surface area (Å²) in [5, 5.41) is 14.9. The molecule has 2 atom stereocenters. The van der Waals surface area contributed by atoms with E-state index < -0.39 is 0 Å². The summed E-state index contributed by atoms with van der Waals surface area (Å²) in [4.78, 5) is 12.4. The molecule has 0 aliphatic carbocycles. The van der Waals surface area contributed by atoms with E-state index in [2.05, 4.69) is 33.0 Å². The molecular weight excluding hydrogens is 326 g/mol. The van der Waals surface area contributed by atoms with E-state index in [4.69, 9.17) is 0 Å². The van der Waals surface area contributed by atoms with Crippen LogP contribution in [0.5, 0.6) is 0 Å². The minimum atomic E-state index is -0.103. The van der Waals surface area contributed by atoms with Gasteiger partial charge in [-0.2, -0.15) is 0 Å². The number of amides is 1. The van der Waals surface area contributed by atoms with Crippen LogP contribution < -0.4 is 10.6 Å². The molecule has 0 unspecified atom stereocenters. The second-order valence-corrected chi connectivity index (χ2v) is 6.70. The zero-order valence-electron chi connectivity index (χ0n) is 14.6. The highest BCUT2D eigenvalue weighted by molar-refractivity contribution is 5.82. The van der Waals surface area contributed by atoms with E-state index in [1.54, 1.807) is 0 Å². The molecular formula is C20H23N5O. The summed E-state index contributed by atoms with van der Waals surface area (Å²) >= 11 is 0. The van der Waals surface area contributed by atoms with Crippen LogP contribution in [-0.2, 0) is 11.2 Å². The lowest BCUT2D eigenvalue weighted by molar-refractivity contribution is -0.122. The highest BCUT2D eigenvalue weighted by Crippen LogP contribution is 2.26. The lowest BCUT2D eigenvalue weighted by Crippen LogP contribution is -2.41. The summed E-state index contributed by atoms with van der Waals surface area (Å²) in [6, 6.07) is 16.3. The monoisotopic (exact) mass is 349 g/mol. The minimum Gasteiger partial charge on any atom is -0.355 e. The predicted molar refractivity (Wildman–Crippen MR) is 99.7 cm³/mol. The Bertz CT molecular complexity index is 876. The molecule has 1 aliphatic heterocycles. The number of carbonyl (C=O) groups excluding carboxylic acids is 1. The normalized spacial score (nSPS) is 19.7. The summed E-state index contributed by atoms with van der Waals surface area (Å²) in [5.41, 5.74) is 2.11. The van der Waals surface area contributed by atoms with Gasteiger partial charge in [0.15, 0.2) is 5.65 Å². The van der Waals surface area contributed by atoms with Crippen molar-refractivity contribution in [2.24, 2.45) is 0 Å². The first-order chi connectivity index (χ1) is 12.8. The van der Waals surface area contributed by atoms with Crippen molar-refractivity contribution in [1.29, 1.82) is 0 Å². The largest absolute Gasteiger partial charge is 0.355 e. The number of carbonyl (C=O) groups is 1. The fourth-order valence-corrected chi connectivity index (χ4v) is 3.54. The maximum atomic E-state index is 12.4. The third-order valence-electron chi connectivity index (χ3n) is 4.93. The number of aromatic nitrogens is 3. The number of benzene rings is 1. The Balaban J connectivity index is 1.23. The molecule has 0 spiro atoms. The van der Waals surface area contributed by atoms with Crippen LogP contribution >= 0.6 is 0 Å². The Hall–Kier alpha value is -2.73. The number of pyridine rings is 1. The molecule has 26 heavy (non-hydrogen) atoms. The molecule has 6 nitrogen and oxygen atoms in total. The van der Waals surface area contributed by atoms with Gasteiger partial charge in [0, 0.05) is 25.2 Å². The van der Waals surface area contributed by atoms with Gasteiger partial charge in [-0.15, -0.1) is 10.2 Å². The van der Waals surface area contributed by atoms with Crippen molar-refractivity contribution in [1.82, 2.24) is 25.2 Å². The third-order valence-corrected chi connectivity index (χ3v) is 4.93. The van der Waals surface area contributed by atoms with Gasteiger partial charge >= 0.3 is 0 Å². The van der Waals surface area contributed by atoms with E-state index in [0.29, 0.717) is 6.54 Å². The number of aryl methyl sites for hydroxylation is 1. The van der Waals surface area contributed by atoms with Crippen LogP contribution in [0.1, 0.15) is 36.7 Å². The number of nitrogens with zero attached hydrogens (tertiary/aromatic N) is 3. The first kappa shape index (κ1) is 16.7. The van der Waals surface area contributed by atoms with E-state index in [-0.39, 0.29) is 18.0 Å². The number of hydrogen-bond donors (Lipinski definition) is 2. The highest BCUT2D eigenvalue weighted by Gasteiger charge is 2.29. The molecule has 1 aromatic carbocycles. The van der Waals surface area contributed by atoms with Crippen molar-refractivity contribution < 1.29 is 4.79 Å². The van der Waals surface area contributed by atoms with Crippen LogP contribution in [0.15, 0.2) is 54.7 Å². The summed E-state index contributed by atoms with van der Waals surface area (Å²) in [5.74, 6) is 1.02. The molecule has 1 aliphatic rings. The standard InChI is InChI=1S/C20H23N5O/c26-20(17-12-11-16(22-17)15-7-2-1-3-8-15)21-13-6-10-19-24-23-18-9-4-5-14-25(18)19/h1-5,7-9,14,16-17,22H,6,10-13H2,(H,21,26)/t16-,17-/m1/s1. The SMILES string of the molecule is O=C(NCCCc1nnc2ccccn12)[C@H]1CC[C@H](c2ccccc2)N1. The number of hydrogen-bond acceptors (Lipinski definition) is 4. The molecule has 0 bridgehead atoms. The Kier molecular flexibility index (Phi) is 4.93. The molecule has 0 saturated carbocycles. The lowest BCUT2D eigenvalue weighted by atomic mass is 10.1. The fourth-order valence-electron chi connectivity index (χ4n) is 3.54. The molecule has 2 aromatic heterocycles. The van der Waals surface area contributed by atoms with Crippen molar-refractivity contribution in [2.75, 3.05) is 6.54 Å². The van der Waals surface area contributed by atoms with E-state index in [1.165, 1.54) is 5.56 Å². The molecule has 1 saturated heterocycles. The van der Waals surface area contributed by atoms with Crippen LogP contribution in [0.4, 0.5) is 0 Å². The maximum absolute atomic E-state index is 12.4. The number of fused-ring (bicyclic) bond motifs is 1. The maximum Gasteiger partial charge on any atom is 0.237 e. The Morgan fingerprint density at radius 2 is 1.96 bits per heavy atom. The van der Waals surface area contributed by atoms with Gasteiger partial charge in [-0.1, -0.05) is 36.4 Å². The first-order valence-electron chi connectivity index (χ1n) is 9.18. The molecule has 1 fully saturated rings. The smallest absolute Gasteiger partial charge is 0.237 e. The van der Waals surface area contributed by atoms with Crippen molar-refractivity contribution >= 4 is 11.6 Å². The fraction of sp³-hybridized carbons (Fsp3) is 0.350. The number of rotatable bonds is 6. The average molecular weight is 349 g/mol. The topological polar surface area (TPSA) is 71.3 Å². The molecule has 3 heterocycles. The zero-order chi connectivity index (χ0) is 17.8. The Morgan fingerprint density at radius 1 is 1.12 bits per heavy atom. The summed E-state index contributed by atoms with van der Waals surface area (Å²) in [6.45, 7) is 0.648. The van der Waals surface area contributed by atoms with Gasteiger partial charge in [0.1, 0.15) is 5.82 Å². The van der Waals surface area contributed by atoms with Crippen LogP contribution in [-0.4, -0.2) is 33.1 Å². The van der Waals surface area contributed by atoms with E-state index in [1.807, 2.05) is 47.0 Å². The van der Waals surface area contributed by atoms with Gasteiger partial charge in [-0.3, -0.25) is 14.5 Å². The molecule has 134 valence electrons. The lowest BCUT2D eigenvalue weighted by Gasteiger charge is -2.14. The Labute approximate surface area is 152 Å². The van der Waals surface area contributed by atoms with Crippen molar-refractivity contribution in [3.05, 3.63) is 66.1 Å². The second-order valence-electron chi connectivity index (χ2n) is 6.70. The number of nitrogens with one attached hydrogen (secondary N) is 2. The molecule has 6 heteroatoms. The summed E-state index contributed by atoms with van der Waals surface area (Å²) in [7, 11) is 0. The van der Waals surface area contributed by atoms with Crippen LogP contribution in [0.25, 0.3) is 5.65 Å². The zero-order valence-corrected chi connectivity index (χ0v) is 14.6. The second kappa shape index (κ2) is 7.66. The molecule has 1 amide bonds. The van der Waals surface area contributed by atoms with Gasteiger partial charge in [0.05, 0.1) is 6.04 Å². The predicted octanol–water partition coefficient (Wildman–Crippen LogP) is 2.27. The minimum absolute atomic E-state index is 0.0922. The molecule has 4 rings (SSSR count).